The third-order valence-corrected chi connectivity index (χ3v) is 5.35. The van der Waals surface area contributed by atoms with Gasteiger partial charge < -0.3 is 0 Å². The van der Waals surface area contributed by atoms with Crippen LogP contribution in [-0.4, -0.2) is 0 Å². The lowest BCUT2D eigenvalue weighted by atomic mass is 10.0. The van der Waals surface area contributed by atoms with E-state index in [9.17, 15) is 0 Å². The molecular weight excluding hydrogens is 295 g/mol. The van der Waals surface area contributed by atoms with Crippen molar-refractivity contribution in [1.29, 1.82) is 0 Å². The zero-order valence-electron chi connectivity index (χ0n) is 12.2. The summed E-state index contributed by atoms with van der Waals surface area (Å²) in [5, 5.41) is 0. The molecule has 0 aliphatic heterocycles. The molecule has 0 unspecified atom stereocenters. The van der Waals surface area contributed by atoms with Crippen molar-refractivity contribution in [3.8, 4) is 0 Å². The second-order valence-corrected chi connectivity index (χ2v) is 7.45. The Morgan fingerprint density at radius 3 is 1.47 bits per heavy atom. The average molecular weight is 321 g/mol. The minimum absolute atomic E-state index is 0.923. The highest BCUT2D eigenvalue weighted by Gasteiger charge is 2.15. The molecule has 1 rings (SSSR count). The minimum Gasteiger partial charge on any atom is -0.111 e. The molecule has 0 N–H and O–H groups in total. The van der Waals surface area contributed by atoms with E-state index in [-0.39, 0.29) is 0 Å². The van der Waals surface area contributed by atoms with Crippen molar-refractivity contribution in [3.63, 3.8) is 0 Å². The molecule has 0 saturated heterocycles. The van der Waals surface area contributed by atoms with Gasteiger partial charge in [-0.05, 0) is 36.8 Å². The quantitative estimate of drug-likeness (QED) is 0.397. The summed E-state index contributed by atoms with van der Waals surface area (Å²) < 4.78 is 1.85. The Bertz CT molecular complexity index is 325. The predicted octanol–water partition coefficient (Wildman–Crippen LogP) is 7.30. The van der Waals surface area contributed by atoms with E-state index in [1.807, 2.05) is 0 Å². The molecule has 3 heteroatoms. The van der Waals surface area contributed by atoms with Gasteiger partial charge in [-0.25, -0.2) is 0 Å². The summed E-state index contributed by atoms with van der Waals surface area (Å²) in [7, 11) is 0. The topological polar surface area (TPSA) is 0 Å². The molecule has 1 aromatic rings. The zero-order valence-corrected chi connectivity index (χ0v) is 14.6. The molecule has 1 aromatic heterocycles. The predicted molar refractivity (Wildman–Crippen MR) is 90.0 cm³/mol. The fourth-order valence-electron chi connectivity index (χ4n) is 2.39. The highest BCUT2D eigenvalue weighted by Crippen LogP contribution is 2.38. The molecule has 0 aliphatic rings. The van der Waals surface area contributed by atoms with Crippen molar-refractivity contribution < 1.29 is 0 Å². The first kappa shape index (κ1) is 17.3. The van der Waals surface area contributed by atoms with E-state index >= 15 is 0 Å². The maximum Gasteiger partial charge on any atom is 0.0978 e. The number of rotatable bonds is 10. The molecule has 0 radical (unpaired) electrons. The lowest BCUT2D eigenvalue weighted by molar-refractivity contribution is 0.652. The molecule has 0 aromatic carbocycles. The standard InChI is InChI=1S/C16H26Cl2S/c1-3-5-7-9-11-13-14(12-10-8-6-4-2)16(18)19-15(13)17/h3-12H2,1-2H3. The van der Waals surface area contributed by atoms with E-state index in [0.717, 1.165) is 21.5 Å². The van der Waals surface area contributed by atoms with Crippen molar-refractivity contribution in [1.82, 2.24) is 0 Å². The SMILES string of the molecule is CCCCCCc1c(Cl)sc(Cl)c1CCCCCC. The first-order valence-electron chi connectivity index (χ1n) is 7.66. The normalized spacial score (nSPS) is 11.2. The zero-order chi connectivity index (χ0) is 14.1. The van der Waals surface area contributed by atoms with Gasteiger partial charge >= 0.3 is 0 Å². The lowest BCUT2D eigenvalue weighted by Gasteiger charge is -2.06. The molecule has 19 heavy (non-hydrogen) atoms. The maximum atomic E-state index is 6.34. The van der Waals surface area contributed by atoms with Crippen LogP contribution in [0.4, 0.5) is 0 Å². The van der Waals surface area contributed by atoms with Crippen LogP contribution >= 0.6 is 34.5 Å². The number of unbranched alkanes of at least 4 members (excludes halogenated alkanes) is 6. The number of hydrogen-bond acceptors (Lipinski definition) is 1. The summed E-state index contributed by atoms with van der Waals surface area (Å²) >= 11 is 14.2. The Labute approximate surface area is 132 Å². The van der Waals surface area contributed by atoms with E-state index in [4.69, 9.17) is 23.2 Å². The Balaban J connectivity index is 2.52. The van der Waals surface area contributed by atoms with Crippen molar-refractivity contribution in [2.45, 2.75) is 78.1 Å². The summed E-state index contributed by atoms with van der Waals surface area (Å²) in [6, 6.07) is 0. The molecular formula is C16H26Cl2S. The summed E-state index contributed by atoms with van der Waals surface area (Å²) in [6.45, 7) is 4.49. The third-order valence-electron chi connectivity index (χ3n) is 3.58. The van der Waals surface area contributed by atoms with E-state index in [1.54, 1.807) is 11.3 Å². The second kappa shape index (κ2) is 10.1. The second-order valence-electron chi connectivity index (χ2n) is 5.23. The summed E-state index contributed by atoms with van der Waals surface area (Å²) in [5.74, 6) is 0. The van der Waals surface area contributed by atoms with Gasteiger partial charge in [-0.3, -0.25) is 0 Å². The molecule has 0 aliphatic carbocycles. The van der Waals surface area contributed by atoms with Gasteiger partial charge in [0, 0.05) is 0 Å². The molecule has 0 amide bonds. The van der Waals surface area contributed by atoms with E-state index in [2.05, 4.69) is 13.8 Å². The van der Waals surface area contributed by atoms with Gasteiger partial charge in [-0.2, -0.15) is 0 Å². The molecule has 1 heterocycles. The van der Waals surface area contributed by atoms with Crippen LogP contribution in [0.5, 0.6) is 0 Å². The Morgan fingerprint density at radius 1 is 0.684 bits per heavy atom. The van der Waals surface area contributed by atoms with Crippen LogP contribution in [0.3, 0.4) is 0 Å². The van der Waals surface area contributed by atoms with Crippen LogP contribution in [0.25, 0.3) is 0 Å². The molecule has 0 spiro atoms. The molecule has 0 saturated carbocycles. The van der Waals surface area contributed by atoms with Gasteiger partial charge in [0.15, 0.2) is 0 Å². The largest absolute Gasteiger partial charge is 0.111 e. The molecule has 0 fully saturated rings. The fourth-order valence-corrected chi connectivity index (χ4v) is 4.25. The van der Waals surface area contributed by atoms with Crippen LogP contribution in [0.1, 0.15) is 76.3 Å². The van der Waals surface area contributed by atoms with Crippen molar-refractivity contribution in [3.05, 3.63) is 19.8 Å². The van der Waals surface area contributed by atoms with Gasteiger partial charge in [-0.15, -0.1) is 11.3 Å². The lowest BCUT2D eigenvalue weighted by Crippen LogP contribution is -1.93. The molecule has 0 nitrogen and oxygen atoms in total. The van der Waals surface area contributed by atoms with Crippen LogP contribution in [0.2, 0.25) is 8.67 Å². The summed E-state index contributed by atoms with van der Waals surface area (Å²) in [5.41, 5.74) is 2.67. The van der Waals surface area contributed by atoms with Crippen LogP contribution < -0.4 is 0 Å². The molecule has 0 atom stereocenters. The van der Waals surface area contributed by atoms with Crippen LogP contribution in [0, 0.1) is 0 Å². The van der Waals surface area contributed by atoms with Gasteiger partial charge in [0.05, 0.1) is 8.67 Å². The smallest absolute Gasteiger partial charge is 0.0978 e. The van der Waals surface area contributed by atoms with Gasteiger partial charge in [0.2, 0.25) is 0 Å². The minimum atomic E-state index is 0.923. The molecule has 0 bridgehead atoms. The van der Waals surface area contributed by atoms with E-state index < -0.39 is 0 Å². The highest BCUT2D eigenvalue weighted by atomic mass is 35.5. The summed E-state index contributed by atoms with van der Waals surface area (Å²) in [6.07, 6.45) is 12.5. The first-order valence-corrected chi connectivity index (χ1v) is 9.23. The van der Waals surface area contributed by atoms with Crippen molar-refractivity contribution in [2.75, 3.05) is 0 Å². The fraction of sp³-hybridized carbons (Fsp3) is 0.750. The van der Waals surface area contributed by atoms with Gasteiger partial charge in [0.25, 0.3) is 0 Å². The maximum absolute atomic E-state index is 6.34. The van der Waals surface area contributed by atoms with Crippen molar-refractivity contribution in [2.24, 2.45) is 0 Å². The number of halogens is 2. The Hall–Kier alpha value is 0.280. The average Bonchev–Trinajstić information content (AvgIpc) is 2.65. The number of thiophene rings is 1. The van der Waals surface area contributed by atoms with Gasteiger partial charge in [0.1, 0.15) is 0 Å². The van der Waals surface area contributed by atoms with E-state index in [1.165, 1.54) is 62.5 Å². The molecule has 110 valence electrons. The van der Waals surface area contributed by atoms with Gasteiger partial charge in [-0.1, -0.05) is 75.6 Å². The Kier molecular flexibility index (Phi) is 9.19. The Morgan fingerprint density at radius 2 is 1.11 bits per heavy atom. The van der Waals surface area contributed by atoms with Crippen LogP contribution in [-0.2, 0) is 12.8 Å². The van der Waals surface area contributed by atoms with Crippen LogP contribution in [0.15, 0.2) is 0 Å². The first-order chi connectivity index (χ1) is 9.20. The third kappa shape index (κ3) is 6.06. The van der Waals surface area contributed by atoms with E-state index in [0.29, 0.717) is 0 Å². The monoisotopic (exact) mass is 320 g/mol. The van der Waals surface area contributed by atoms with Crippen molar-refractivity contribution >= 4 is 34.5 Å². The summed E-state index contributed by atoms with van der Waals surface area (Å²) in [4.78, 5) is 0. The highest BCUT2D eigenvalue weighted by molar-refractivity contribution is 7.20. The number of hydrogen-bond donors (Lipinski definition) is 0.